The Labute approximate surface area is 121 Å². The average molecular weight is 293 g/mol. The molecule has 1 atom stereocenters. The number of nitrogens with one attached hydrogen (secondary N) is 1. The van der Waals surface area contributed by atoms with Crippen LogP contribution in [-0.4, -0.2) is 16.1 Å². The Kier molecular flexibility index (Phi) is 4.55. The molecule has 1 heterocycles. The zero-order valence-electron chi connectivity index (χ0n) is 10.8. The number of hydrogen-bond donors (Lipinski definition) is 2. The van der Waals surface area contributed by atoms with Crippen molar-refractivity contribution in [3.05, 3.63) is 35.4 Å². The van der Waals surface area contributed by atoms with Gasteiger partial charge in [0, 0.05) is 5.56 Å². The summed E-state index contributed by atoms with van der Waals surface area (Å²) in [7, 11) is 0. The van der Waals surface area contributed by atoms with Gasteiger partial charge in [-0.3, -0.25) is 10.1 Å². The van der Waals surface area contributed by atoms with Crippen LogP contribution in [0.3, 0.4) is 0 Å². The summed E-state index contributed by atoms with van der Waals surface area (Å²) < 4.78 is 0.530. The lowest BCUT2D eigenvalue weighted by atomic mass is 9.97. The van der Waals surface area contributed by atoms with Gasteiger partial charge in [-0.2, -0.15) is 0 Å². The summed E-state index contributed by atoms with van der Waals surface area (Å²) in [5.41, 5.74) is 1.86. The number of amides is 1. The maximum absolute atomic E-state index is 12.0. The van der Waals surface area contributed by atoms with Crippen LogP contribution in [0.4, 0.5) is 5.13 Å². The van der Waals surface area contributed by atoms with E-state index in [9.17, 15) is 4.79 Å². The predicted molar refractivity (Wildman–Crippen MR) is 80.3 cm³/mol. The van der Waals surface area contributed by atoms with E-state index in [2.05, 4.69) is 42.0 Å². The minimum atomic E-state index is -0.180. The zero-order valence-corrected chi connectivity index (χ0v) is 12.5. The Morgan fingerprint density at radius 3 is 2.58 bits per heavy atom. The highest BCUT2D eigenvalue weighted by atomic mass is 32.2. The van der Waals surface area contributed by atoms with E-state index in [1.165, 1.54) is 16.9 Å². The molecule has 0 aliphatic rings. The summed E-state index contributed by atoms with van der Waals surface area (Å²) in [5, 5.41) is 10.7. The lowest BCUT2D eigenvalue weighted by Crippen LogP contribution is -2.11. The third kappa shape index (κ3) is 3.54. The first-order chi connectivity index (χ1) is 9.10. The standard InChI is InChI=1S/C13H15N3OS2/c1-3-8(2)9-4-6-10(7-5-9)11(17)14-12-15-16-13(18)19-12/h4-8H,3H2,1-2H3,(H,16,18)(H,14,15,17). The monoisotopic (exact) mass is 293 g/mol. The lowest BCUT2D eigenvalue weighted by molar-refractivity contribution is 0.102. The Hall–Kier alpha value is -1.40. The summed E-state index contributed by atoms with van der Waals surface area (Å²) in [5.74, 6) is 0.326. The van der Waals surface area contributed by atoms with E-state index in [4.69, 9.17) is 0 Å². The van der Waals surface area contributed by atoms with E-state index in [0.717, 1.165) is 6.42 Å². The summed E-state index contributed by atoms with van der Waals surface area (Å²) in [6.45, 7) is 4.32. The fourth-order valence-corrected chi connectivity index (χ4v) is 2.42. The molecular formula is C13H15N3OS2. The molecule has 4 nitrogen and oxygen atoms in total. The van der Waals surface area contributed by atoms with Crippen molar-refractivity contribution in [1.29, 1.82) is 0 Å². The van der Waals surface area contributed by atoms with Gasteiger partial charge in [0.25, 0.3) is 5.91 Å². The maximum Gasteiger partial charge on any atom is 0.257 e. The second kappa shape index (κ2) is 6.16. The molecule has 1 N–H and O–H groups in total. The molecule has 0 aliphatic heterocycles. The predicted octanol–water partition coefficient (Wildman–Crippen LogP) is 3.59. The molecule has 0 aliphatic carbocycles. The summed E-state index contributed by atoms with van der Waals surface area (Å²) in [6, 6.07) is 7.65. The number of nitrogens with zero attached hydrogens (tertiary/aromatic N) is 2. The molecule has 1 unspecified atom stereocenters. The van der Waals surface area contributed by atoms with Crippen LogP contribution >= 0.6 is 24.0 Å². The van der Waals surface area contributed by atoms with Gasteiger partial charge in [0.2, 0.25) is 5.13 Å². The number of anilines is 1. The summed E-state index contributed by atoms with van der Waals surface area (Å²) >= 11 is 5.29. The molecule has 1 amide bonds. The van der Waals surface area contributed by atoms with Gasteiger partial charge in [-0.15, -0.1) is 22.8 Å². The largest absolute Gasteiger partial charge is 0.296 e. The molecule has 0 saturated carbocycles. The highest BCUT2D eigenvalue weighted by Crippen LogP contribution is 2.21. The lowest BCUT2D eigenvalue weighted by Gasteiger charge is -2.09. The van der Waals surface area contributed by atoms with Crippen LogP contribution in [0.2, 0.25) is 0 Å². The number of hydrogen-bond acceptors (Lipinski definition) is 5. The molecule has 1 aromatic carbocycles. The van der Waals surface area contributed by atoms with E-state index >= 15 is 0 Å². The van der Waals surface area contributed by atoms with Crippen LogP contribution in [0.1, 0.15) is 42.1 Å². The van der Waals surface area contributed by atoms with Crippen molar-refractivity contribution in [3.63, 3.8) is 0 Å². The van der Waals surface area contributed by atoms with Crippen LogP contribution < -0.4 is 5.32 Å². The minimum absolute atomic E-state index is 0.180. The van der Waals surface area contributed by atoms with E-state index in [0.29, 0.717) is 21.0 Å². The first-order valence-electron chi connectivity index (χ1n) is 6.04. The SMILES string of the molecule is CCC(C)c1ccc(C(=O)Nc2nnc(S)s2)cc1. The van der Waals surface area contributed by atoms with Crippen molar-refractivity contribution >= 4 is 35.0 Å². The fraction of sp³-hybridized carbons (Fsp3) is 0.308. The van der Waals surface area contributed by atoms with Crippen LogP contribution in [0, 0.1) is 0 Å². The van der Waals surface area contributed by atoms with Gasteiger partial charge in [-0.1, -0.05) is 37.3 Å². The van der Waals surface area contributed by atoms with E-state index in [1.807, 2.05) is 24.3 Å². The molecule has 19 heavy (non-hydrogen) atoms. The van der Waals surface area contributed by atoms with E-state index in [-0.39, 0.29) is 5.91 Å². The fourth-order valence-electron chi connectivity index (χ4n) is 1.63. The molecule has 6 heteroatoms. The Morgan fingerprint density at radius 1 is 1.37 bits per heavy atom. The van der Waals surface area contributed by atoms with Crippen LogP contribution in [0.15, 0.2) is 28.6 Å². The third-order valence-electron chi connectivity index (χ3n) is 2.99. The normalized spacial score (nSPS) is 12.2. The van der Waals surface area contributed by atoms with E-state index in [1.54, 1.807) is 0 Å². The molecule has 0 radical (unpaired) electrons. The first kappa shape index (κ1) is 14.0. The van der Waals surface area contributed by atoms with Gasteiger partial charge in [0.15, 0.2) is 4.34 Å². The third-order valence-corrected chi connectivity index (χ3v) is 3.99. The smallest absolute Gasteiger partial charge is 0.257 e. The van der Waals surface area contributed by atoms with Crippen molar-refractivity contribution in [2.45, 2.75) is 30.5 Å². The number of carbonyl (C=O) groups is 1. The number of rotatable bonds is 4. The van der Waals surface area contributed by atoms with Crippen molar-refractivity contribution < 1.29 is 4.79 Å². The average Bonchev–Trinajstić information content (AvgIpc) is 2.83. The topological polar surface area (TPSA) is 54.9 Å². The van der Waals surface area contributed by atoms with Crippen LogP contribution in [0.25, 0.3) is 0 Å². The highest BCUT2D eigenvalue weighted by molar-refractivity contribution is 7.82. The Bertz CT molecular complexity index is 566. The van der Waals surface area contributed by atoms with Gasteiger partial charge in [-0.05, 0) is 30.0 Å². The van der Waals surface area contributed by atoms with Crippen LogP contribution in [-0.2, 0) is 0 Å². The molecule has 2 rings (SSSR count). The molecule has 1 aromatic heterocycles. The number of aromatic nitrogens is 2. The van der Waals surface area contributed by atoms with Gasteiger partial charge < -0.3 is 0 Å². The molecule has 2 aromatic rings. The second-order valence-corrected chi connectivity index (χ2v) is 5.98. The molecule has 0 fully saturated rings. The molecule has 0 spiro atoms. The summed E-state index contributed by atoms with van der Waals surface area (Å²) in [6.07, 6.45) is 1.08. The zero-order chi connectivity index (χ0) is 13.8. The van der Waals surface area contributed by atoms with Gasteiger partial charge in [-0.25, -0.2) is 0 Å². The number of thiol groups is 1. The quantitative estimate of drug-likeness (QED) is 0.669. The highest BCUT2D eigenvalue weighted by Gasteiger charge is 2.10. The maximum atomic E-state index is 12.0. The van der Waals surface area contributed by atoms with E-state index < -0.39 is 0 Å². The van der Waals surface area contributed by atoms with Crippen molar-refractivity contribution in [3.8, 4) is 0 Å². The second-order valence-electron chi connectivity index (χ2n) is 4.28. The Balaban J connectivity index is 2.07. The van der Waals surface area contributed by atoms with Crippen molar-refractivity contribution in [2.75, 3.05) is 5.32 Å². The number of carbonyl (C=O) groups excluding carboxylic acids is 1. The number of benzene rings is 1. The van der Waals surface area contributed by atoms with Gasteiger partial charge >= 0.3 is 0 Å². The van der Waals surface area contributed by atoms with Crippen LogP contribution in [0.5, 0.6) is 0 Å². The minimum Gasteiger partial charge on any atom is -0.296 e. The molecular weight excluding hydrogens is 278 g/mol. The molecule has 0 saturated heterocycles. The van der Waals surface area contributed by atoms with Crippen molar-refractivity contribution in [1.82, 2.24) is 10.2 Å². The molecule has 100 valence electrons. The first-order valence-corrected chi connectivity index (χ1v) is 7.30. The van der Waals surface area contributed by atoms with Crippen molar-refractivity contribution in [2.24, 2.45) is 0 Å². The van der Waals surface area contributed by atoms with Gasteiger partial charge in [0.1, 0.15) is 0 Å². The molecule has 0 bridgehead atoms. The Morgan fingerprint density at radius 2 is 2.05 bits per heavy atom. The van der Waals surface area contributed by atoms with Gasteiger partial charge in [0.05, 0.1) is 0 Å². The summed E-state index contributed by atoms with van der Waals surface area (Å²) in [4.78, 5) is 12.0.